The summed E-state index contributed by atoms with van der Waals surface area (Å²) in [5, 5.41) is 0. The zero-order valence-electron chi connectivity index (χ0n) is 8.03. The summed E-state index contributed by atoms with van der Waals surface area (Å²) in [4.78, 5) is 10.1. The van der Waals surface area contributed by atoms with Gasteiger partial charge in [-0.05, 0) is 27.4 Å². The fourth-order valence-electron chi connectivity index (χ4n) is 0.566. The summed E-state index contributed by atoms with van der Waals surface area (Å²) in [6, 6.07) is 0. The van der Waals surface area contributed by atoms with Gasteiger partial charge >= 0.3 is 0 Å². The molecule has 0 aromatic carbocycles. The second-order valence-electron chi connectivity index (χ2n) is 2.54. The predicted octanol–water partition coefficient (Wildman–Crippen LogP) is 1.48. The predicted molar refractivity (Wildman–Crippen MR) is 57.9 cm³/mol. The van der Waals surface area contributed by atoms with Crippen molar-refractivity contribution < 1.29 is 0 Å². The zero-order valence-corrected chi connectivity index (χ0v) is 8.84. The van der Waals surface area contributed by atoms with Gasteiger partial charge in [-0.15, -0.1) is 12.4 Å². The summed E-state index contributed by atoms with van der Waals surface area (Å²) < 4.78 is 0. The molecule has 72 valence electrons. The van der Waals surface area contributed by atoms with E-state index in [1.807, 2.05) is 27.2 Å². The molecule has 0 aliphatic carbocycles. The summed E-state index contributed by atoms with van der Waals surface area (Å²) >= 11 is 0. The van der Waals surface area contributed by atoms with Crippen LogP contribution in [0.2, 0.25) is 0 Å². The van der Waals surface area contributed by atoms with Gasteiger partial charge in [0, 0.05) is 19.3 Å². The van der Waals surface area contributed by atoms with Crippen LogP contribution in [-0.2, 0) is 0 Å². The van der Waals surface area contributed by atoms with Gasteiger partial charge in [0.25, 0.3) is 0 Å². The normalized spacial score (nSPS) is 11.3. The third-order valence-electron chi connectivity index (χ3n) is 1.14. The van der Waals surface area contributed by atoms with Crippen LogP contribution in [0.3, 0.4) is 0 Å². The molecule has 0 saturated carbocycles. The Kier molecular flexibility index (Phi) is 12.5. The minimum absolute atomic E-state index is 0. The van der Waals surface area contributed by atoms with Crippen molar-refractivity contribution in [2.75, 3.05) is 27.2 Å². The van der Waals surface area contributed by atoms with Gasteiger partial charge in [0.2, 0.25) is 0 Å². The Morgan fingerprint density at radius 3 is 2.50 bits per heavy atom. The first-order valence-electron chi connectivity index (χ1n) is 3.92. The summed E-state index contributed by atoms with van der Waals surface area (Å²) in [6.07, 6.45) is 4.48. The largest absolute Gasteiger partial charge is 0.309 e. The molecule has 0 aliphatic heterocycles. The number of hydrogen-bond acceptors (Lipinski definition) is 2. The Balaban J connectivity index is 0. The van der Waals surface area contributed by atoms with E-state index in [-0.39, 0.29) is 12.4 Å². The van der Waals surface area contributed by atoms with Crippen LogP contribution in [0.4, 0.5) is 0 Å². The average Bonchev–Trinajstić information content (AvgIpc) is 1.96. The standard InChI is InChI=1S/C8H17N3.ClH/c1-4-9-8-10-6-5-7-11(2)3;/h6,8H,4-5,7H2,1-3H3;1H. The SMILES string of the molecule is CCN=CN=CCCN(C)C.Cl. The number of hydrogen-bond donors (Lipinski definition) is 0. The molecule has 0 aliphatic rings. The van der Waals surface area contributed by atoms with E-state index in [0.29, 0.717) is 0 Å². The Bertz CT molecular complexity index is 132. The van der Waals surface area contributed by atoms with E-state index in [1.54, 1.807) is 6.34 Å². The molecule has 0 rings (SSSR count). The van der Waals surface area contributed by atoms with Gasteiger partial charge in [-0.1, -0.05) is 0 Å². The van der Waals surface area contributed by atoms with Crippen molar-refractivity contribution in [2.24, 2.45) is 9.98 Å². The van der Waals surface area contributed by atoms with Crippen LogP contribution >= 0.6 is 12.4 Å². The van der Waals surface area contributed by atoms with Crippen molar-refractivity contribution in [3.05, 3.63) is 0 Å². The molecule has 0 saturated heterocycles. The maximum atomic E-state index is 3.99. The molecule has 0 radical (unpaired) electrons. The van der Waals surface area contributed by atoms with Gasteiger partial charge in [-0.3, -0.25) is 4.99 Å². The first-order valence-corrected chi connectivity index (χ1v) is 3.92. The van der Waals surface area contributed by atoms with Gasteiger partial charge in [0.05, 0.1) is 0 Å². The highest BCUT2D eigenvalue weighted by Crippen LogP contribution is 1.78. The lowest BCUT2D eigenvalue weighted by Crippen LogP contribution is -2.12. The Morgan fingerprint density at radius 1 is 1.33 bits per heavy atom. The van der Waals surface area contributed by atoms with E-state index < -0.39 is 0 Å². The molecule has 0 aromatic rings. The molecule has 4 heteroatoms. The van der Waals surface area contributed by atoms with Gasteiger partial charge in [0.15, 0.2) is 0 Å². The van der Waals surface area contributed by atoms with E-state index >= 15 is 0 Å². The quantitative estimate of drug-likeness (QED) is 0.478. The fraction of sp³-hybridized carbons (Fsp3) is 0.750. The molecule has 0 aromatic heterocycles. The van der Waals surface area contributed by atoms with E-state index in [4.69, 9.17) is 0 Å². The van der Waals surface area contributed by atoms with Gasteiger partial charge in [-0.2, -0.15) is 0 Å². The van der Waals surface area contributed by atoms with Crippen molar-refractivity contribution in [2.45, 2.75) is 13.3 Å². The van der Waals surface area contributed by atoms with Crippen LogP contribution < -0.4 is 0 Å². The van der Waals surface area contributed by atoms with Crippen LogP contribution in [0.1, 0.15) is 13.3 Å². The van der Waals surface area contributed by atoms with E-state index in [2.05, 4.69) is 14.9 Å². The molecular weight excluding hydrogens is 174 g/mol. The molecule has 0 bridgehead atoms. The number of halogens is 1. The molecule has 0 fully saturated rings. The van der Waals surface area contributed by atoms with Crippen LogP contribution in [0.15, 0.2) is 9.98 Å². The van der Waals surface area contributed by atoms with E-state index in [9.17, 15) is 0 Å². The molecule has 0 unspecified atom stereocenters. The van der Waals surface area contributed by atoms with Crippen molar-refractivity contribution >= 4 is 25.0 Å². The van der Waals surface area contributed by atoms with Crippen molar-refractivity contribution in [1.82, 2.24) is 4.90 Å². The topological polar surface area (TPSA) is 28.0 Å². The number of aliphatic imine (C=N–C) groups is 2. The molecule has 0 spiro atoms. The molecule has 0 amide bonds. The van der Waals surface area contributed by atoms with Gasteiger partial charge < -0.3 is 4.90 Å². The number of nitrogens with zero attached hydrogens (tertiary/aromatic N) is 3. The molecule has 0 heterocycles. The highest BCUT2D eigenvalue weighted by atomic mass is 35.5. The highest BCUT2D eigenvalue weighted by molar-refractivity contribution is 5.85. The van der Waals surface area contributed by atoms with Crippen molar-refractivity contribution in [1.29, 1.82) is 0 Å². The number of rotatable bonds is 5. The first kappa shape index (κ1) is 14.1. The van der Waals surface area contributed by atoms with Crippen molar-refractivity contribution in [3.8, 4) is 0 Å². The second kappa shape index (κ2) is 10.6. The van der Waals surface area contributed by atoms with Crippen LogP contribution in [0.5, 0.6) is 0 Å². The van der Waals surface area contributed by atoms with Gasteiger partial charge in [0.1, 0.15) is 6.34 Å². The van der Waals surface area contributed by atoms with Crippen molar-refractivity contribution in [3.63, 3.8) is 0 Å². The van der Waals surface area contributed by atoms with Crippen LogP contribution in [0.25, 0.3) is 0 Å². The molecule has 3 nitrogen and oxygen atoms in total. The first-order chi connectivity index (χ1) is 5.27. The summed E-state index contributed by atoms with van der Waals surface area (Å²) in [5.74, 6) is 0. The second-order valence-corrected chi connectivity index (χ2v) is 2.54. The molecular formula is C8H18ClN3. The summed E-state index contributed by atoms with van der Waals surface area (Å²) in [6.45, 7) is 3.85. The van der Waals surface area contributed by atoms with Gasteiger partial charge in [-0.25, -0.2) is 4.99 Å². The monoisotopic (exact) mass is 191 g/mol. The Labute approximate surface area is 81.0 Å². The van der Waals surface area contributed by atoms with Crippen LogP contribution in [-0.4, -0.2) is 44.6 Å². The highest BCUT2D eigenvalue weighted by Gasteiger charge is 1.83. The smallest absolute Gasteiger partial charge is 0.109 e. The average molecular weight is 192 g/mol. The Morgan fingerprint density at radius 2 is 2.00 bits per heavy atom. The molecule has 0 N–H and O–H groups in total. The lowest BCUT2D eigenvalue weighted by molar-refractivity contribution is 0.423. The summed E-state index contributed by atoms with van der Waals surface area (Å²) in [7, 11) is 4.10. The fourth-order valence-corrected chi connectivity index (χ4v) is 0.566. The molecule has 12 heavy (non-hydrogen) atoms. The lowest BCUT2D eigenvalue weighted by Gasteiger charge is -2.04. The van der Waals surface area contributed by atoms with E-state index in [1.165, 1.54) is 0 Å². The van der Waals surface area contributed by atoms with Crippen LogP contribution in [0, 0.1) is 0 Å². The third-order valence-corrected chi connectivity index (χ3v) is 1.14. The molecule has 0 atom stereocenters. The maximum absolute atomic E-state index is 3.99. The lowest BCUT2D eigenvalue weighted by atomic mass is 10.4. The zero-order chi connectivity index (χ0) is 8.53. The van der Waals surface area contributed by atoms with E-state index in [0.717, 1.165) is 19.5 Å². The summed E-state index contributed by atoms with van der Waals surface area (Å²) in [5.41, 5.74) is 0. The third kappa shape index (κ3) is 12.3. The minimum atomic E-state index is 0. The minimum Gasteiger partial charge on any atom is -0.309 e. The maximum Gasteiger partial charge on any atom is 0.109 e. The Hall–Kier alpha value is -0.410.